The second kappa shape index (κ2) is 14.6. The van der Waals surface area contributed by atoms with Crippen molar-refractivity contribution in [3.8, 4) is 0 Å². The minimum absolute atomic E-state index is 0.0660. The van der Waals surface area contributed by atoms with Crippen LogP contribution in [0.15, 0.2) is 0 Å². The van der Waals surface area contributed by atoms with Crippen LogP contribution in [0, 0.1) is 0 Å². The van der Waals surface area contributed by atoms with E-state index in [-0.39, 0.29) is 19.2 Å². The largest absolute Gasteiger partial charge is 0.756 e. The molecule has 26 heavy (non-hydrogen) atoms. The number of hydrogen-bond donors (Lipinski definition) is 0. The molecule has 0 aromatic carbocycles. The second-order valence-corrected chi connectivity index (χ2v) is 8.51. The molecule has 1 aliphatic rings. The van der Waals surface area contributed by atoms with E-state index >= 15 is 0 Å². The van der Waals surface area contributed by atoms with Gasteiger partial charge in [0.25, 0.3) is 7.82 Å². The number of phosphoric ester groups is 1. The summed E-state index contributed by atoms with van der Waals surface area (Å²) >= 11 is 0. The SMILES string of the molecule is CCCCCCCCCCCCCCCC(=O)OC[C@@H]1COP(=O)([O-])O1. The van der Waals surface area contributed by atoms with E-state index in [9.17, 15) is 14.3 Å². The number of phosphoric acid groups is 1. The Balaban J connectivity index is 1.80. The first kappa shape index (κ1) is 23.6. The molecule has 0 spiro atoms. The lowest BCUT2D eigenvalue weighted by atomic mass is 10.0. The number of unbranched alkanes of at least 4 members (excludes halogenated alkanes) is 12. The summed E-state index contributed by atoms with van der Waals surface area (Å²) in [6.07, 6.45) is 16.1. The molecule has 0 N–H and O–H groups in total. The van der Waals surface area contributed by atoms with Gasteiger partial charge in [-0.05, 0) is 6.42 Å². The lowest BCUT2D eigenvalue weighted by Crippen LogP contribution is -2.20. The highest BCUT2D eigenvalue weighted by Crippen LogP contribution is 2.45. The van der Waals surface area contributed by atoms with Crippen LogP contribution in [0.25, 0.3) is 0 Å². The van der Waals surface area contributed by atoms with Crippen molar-refractivity contribution >= 4 is 13.8 Å². The molecular formula is C19H36O6P-. The van der Waals surface area contributed by atoms with Crippen LogP contribution in [0.4, 0.5) is 0 Å². The first-order chi connectivity index (χ1) is 12.5. The van der Waals surface area contributed by atoms with Gasteiger partial charge in [-0.3, -0.25) is 9.36 Å². The van der Waals surface area contributed by atoms with E-state index in [0.29, 0.717) is 6.42 Å². The van der Waals surface area contributed by atoms with Crippen LogP contribution in [-0.2, 0) is 23.1 Å². The Hall–Kier alpha value is -0.420. The molecule has 1 unspecified atom stereocenters. The molecule has 0 amide bonds. The highest BCUT2D eigenvalue weighted by molar-refractivity contribution is 7.46. The number of rotatable bonds is 16. The summed E-state index contributed by atoms with van der Waals surface area (Å²) in [5.74, 6) is -0.302. The zero-order valence-corrected chi connectivity index (χ0v) is 17.2. The lowest BCUT2D eigenvalue weighted by molar-refractivity contribution is -0.215. The van der Waals surface area contributed by atoms with E-state index in [4.69, 9.17) is 4.74 Å². The van der Waals surface area contributed by atoms with Crippen LogP contribution in [0.1, 0.15) is 96.8 Å². The molecule has 0 radical (unpaired) electrons. The van der Waals surface area contributed by atoms with Crippen LogP contribution >= 0.6 is 7.82 Å². The summed E-state index contributed by atoms with van der Waals surface area (Å²) in [5.41, 5.74) is 0. The Bertz CT molecular complexity index is 415. The molecule has 1 fully saturated rings. The highest BCUT2D eigenvalue weighted by atomic mass is 31.2. The zero-order valence-electron chi connectivity index (χ0n) is 16.3. The van der Waals surface area contributed by atoms with Gasteiger partial charge in [0.2, 0.25) is 0 Å². The molecular weight excluding hydrogens is 355 g/mol. The molecule has 1 aliphatic heterocycles. The van der Waals surface area contributed by atoms with Gasteiger partial charge in [0.1, 0.15) is 12.7 Å². The molecule has 2 atom stereocenters. The summed E-state index contributed by atoms with van der Waals surface area (Å²) < 4.78 is 25.0. The van der Waals surface area contributed by atoms with Gasteiger partial charge in [-0.15, -0.1) is 0 Å². The zero-order chi connectivity index (χ0) is 19.1. The monoisotopic (exact) mass is 391 g/mol. The minimum Gasteiger partial charge on any atom is -0.756 e. The molecule has 1 rings (SSSR count). The summed E-state index contributed by atoms with van der Waals surface area (Å²) in [5, 5.41) is 0. The van der Waals surface area contributed by atoms with Crippen molar-refractivity contribution in [2.75, 3.05) is 13.2 Å². The van der Waals surface area contributed by atoms with E-state index in [2.05, 4.69) is 16.0 Å². The normalized spacial score (nSPS) is 22.6. The van der Waals surface area contributed by atoms with Crippen LogP contribution in [0.5, 0.6) is 0 Å². The Morgan fingerprint density at radius 3 is 1.92 bits per heavy atom. The van der Waals surface area contributed by atoms with Gasteiger partial charge in [0, 0.05) is 6.42 Å². The fraction of sp³-hybridized carbons (Fsp3) is 0.947. The van der Waals surface area contributed by atoms with Crippen molar-refractivity contribution in [3.05, 3.63) is 0 Å². The molecule has 6 nitrogen and oxygen atoms in total. The number of carbonyl (C=O) groups excluding carboxylic acids is 1. The summed E-state index contributed by atoms with van der Waals surface area (Å²) in [6.45, 7) is 2.11. The number of ether oxygens (including phenoxy) is 1. The predicted molar refractivity (Wildman–Crippen MR) is 99.7 cm³/mol. The highest BCUT2D eigenvalue weighted by Gasteiger charge is 2.28. The average molecular weight is 391 g/mol. The van der Waals surface area contributed by atoms with Crippen molar-refractivity contribution < 1.29 is 28.0 Å². The molecule has 154 valence electrons. The maximum absolute atomic E-state index is 11.6. The van der Waals surface area contributed by atoms with Gasteiger partial charge < -0.3 is 18.7 Å². The third kappa shape index (κ3) is 12.9. The second-order valence-electron chi connectivity index (χ2n) is 7.15. The molecule has 0 aliphatic carbocycles. The number of carbonyl (C=O) groups is 1. The molecule has 1 saturated heterocycles. The van der Waals surface area contributed by atoms with E-state index in [1.54, 1.807) is 0 Å². The van der Waals surface area contributed by atoms with E-state index in [1.165, 1.54) is 64.2 Å². The van der Waals surface area contributed by atoms with E-state index < -0.39 is 13.9 Å². The minimum atomic E-state index is -4.15. The van der Waals surface area contributed by atoms with Crippen molar-refractivity contribution in [2.45, 2.75) is 103 Å². The molecule has 0 bridgehead atoms. The smallest absolute Gasteiger partial charge is 0.305 e. The quantitative estimate of drug-likeness (QED) is 0.211. The molecule has 7 heteroatoms. The third-order valence-electron chi connectivity index (χ3n) is 4.61. The van der Waals surface area contributed by atoms with E-state index in [0.717, 1.165) is 19.3 Å². The number of hydrogen-bond acceptors (Lipinski definition) is 6. The summed E-state index contributed by atoms with van der Waals surface area (Å²) in [7, 11) is -4.15. The maximum atomic E-state index is 11.6. The standard InChI is InChI=1S/C19H37O6P/c1-2-3-4-5-6-7-8-9-10-11-12-13-14-15-19(20)23-16-18-17-24-26(21,22)25-18/h18H,2-17H2,1H3,(H,21,22)/p-1/t18-/m1/s1. The Kier molecular flexibility index (Phi) is 13.3. The molecule has 0 saturated carbocycles. The van der Waals surface area contributed by atoms with Crippen LogP contribution in [0.2, 0.25) is 0 Å². The Morgan fingerprint density at radius 2 is 1.46 bits per heavy atom. The first-order valence-corrected chi connectivity index (χ1v) is 11.8. The fourth-order valence-electron chi connectivity index (χ4n) is 3.04. The Morgan fingerprint density at radius 1 is 0.962 bits per heavy atom. The summed E-state index contributed by atoms with van der Waals surface area (Å²) in [4.78, 5) is 22.5. The predicted octanol–water partition coefficient (Wildman–Crippen LogP) is 4.89. The molecule has 0 aromatic rings. The molecule has 0 aromatic heterocycles. The van der Waals surface area contributed by atoms with Crippen LogP contribution < -0.4 is 4.89 Å². The van der Waals surface area contributed by atoms with Gasteiger partial charge in [0.15, 0.2) is 0 Å². The van der Waals surface area contributed by atoms with Gasteiger partial charge >= 0.3 is 5.97 Å². The Labute approximate surface area is 158 Å². The van der Waals surface area contributed by atoms with Gasteiger partial charge in [-0.2, -0.15) is 0 Å². The third-order valence-corrected chi connectivity index (χ3v) is 5.63. The topological polar surface area (TPSA) is 84.9 Å². The molecule has 1 heterocycles. The van der Waals surface area contributed by atoms with Crippen molar-refractivity contribution in [3.63, 3.8) is 0 Å². The van der Waals surface area contributed by atoms with Crippen molar-refractivity contribution in [1.29, 1.82) is 0 Å². The summed E-state index contributed by atoms with van der Waals surface area (Å²) in [6, 6.07) is 0. The van der Waals surface area contributed by atoms with Gasteiger partial charge in [0.05, 0.1) is 6.61 Å². The maximum Gasteiger partial charge on any atom is 0.305 e. The lowest BCUT2D eigenvalue weighted by Gasteiger charge is -2.14. The van der Waals surface area contributed by atoms with Crippen LogP contribution in [-0.4, -0.2) is 25.3 Å². The van der Waals surface area contributed by atoms with Crippen molar-refractivity contribution in [2.24, 2.45) is 0 Å². The first-order valence-electron chi connectivity index (χ1n) is 10.3. The number of esters is 1. The van der Waals surface area contributed by atoms with E-state index in [1.807, 2.05) is 0 Å². The average Bonchev–Trinajstić information content (AvgIpc) is 2.96. The van der Waals surface area contributed by atoms with Gasteiger partial charge in [-0.1, -0.05) is 84.0 Å². The fourth-order valence-corrected chi connectivity index (χ4v) is 3.94. The van der Waals surface area contributed by atoms with Gasteiger partial charge in [-0.25, -0.2) is 0 Å². The van der Waals surface area contributed by atoms with Crippen molar-refractivity contribution in [1.82, 2.24) is 0 Å². The van der Waals surface area contributed by atoms with Crippen LogP contribution in [0.3, 0.4) is 0 Å².